The van der Waals surface area contributed by atoms with Gasteiger partial charge in [-0.25, -0.2) is 4.98 Å². The highest BCUT2D eigenvalue weighted by molar-refractivity contribution is 5.34. The van der Waals surface area contributed by atoms with Crippen molar-refractivity contribution in [2.45, 2.75) is 33.7 Å². The number of hydrogen-bond acceptors (Lipinski definition) is 3. The maximum atomic E-state index is 4.65. The monoisotopic (exact) mass is 247 g/mol. The Morgan fingerprint density at radius 2 is 2.17 bits per heavy atom. The van der Waals surface area contributed by atoms with Gasteiger partial charge in [0.05, 0.1) is 5.69 Å². The number of piperidine rings is 1. The minimum Gasteiger partial charge on any atom is -0.370 e. The Bertz CT molecular complexity index is 378. The molecule has 1 saturated heterocycles. The Morgan fingerprint density at radius 3 is 2.89 bits per heavy atom. The molecule has 100 valence electrons. The van der Waals surface area contributed by atoms with E-state index in [1.807, 2.05) is 6.07 Å². The molecule has 2 rings (SSSR count). The zero-order chi connectivity index (χ0) is 13.0. The zero-order valence-corrected chi connectivity index (χ0v) is 11.8. The van der Waals surface area contributed by atoms with Crippen molar-refractivity contribution in [3.05, 3.63) is 23.9 Å². The zero-order valence-electron chi connectivity index (χ0n) is 11.8. The van der Waals surface area contributed by atoms with E-state index in [0.29, 0.717) is 0 Å². The van der Waals surface area contributed by atoms with E-state index in [1.165, 1.54) is 25.2 Å². The van der Waals surface area contributed by atoms with Crippen LogP contribution in [0.15, 0.2) is 18.2 Å². The van der Waals surface area contributed by atoms with Crippen molar-refractivity contribution in [3.63, 3.8) is 0 Å². The van der Waals surface area contributed by atoms with Crippen LogP contribution in [-0.2, 0) is 6.54 Å². The molecule has 0 saturated carbocycles. The Morgan fingerprint density at radius 1 is 1.33 bits per heavy atom. The van der Waals surface area contributed by atoms with Crippen molar-refractivity contribution in [1.29, 1.82) is 0 Å². The number of rotatable bonds is 4. The highest BCUT2D eigenvalue weighted by Crippen LogP contribution is 2.23. The molecule has 3 nitrogen and oxygen atoms in total. The molecule has 1 aromatic rings. The number of anilines is 1. The van der Waals surface area contributed by atoms with Crippen molar-refractivity contribution >= 4 is 5.82 Å². The van der Waals surface area contributed by atoms with Crippen LogP contribution in [0.1, 0.15) is 32.9 Å². The third kappa shape index (κ3) is 3.45. The molecule has 1 aromatic heterocycles. The summed E-state index contributed by atoms with van der Waals surface area (Å²) in [7, 11) is 0. The summed E-state index contributed by atoms with van der Waals surface area (Å²) in [4.78, 5) is 7.18. The van der Waals surface area contributed by atoms with Gasteiger partial charge in [-0.15, -0.1) is 0 Å². The molecule has 18 heavy (non-hydrogen) atoms. The predicted molar refractivity (Wildman–Crippen MR) is 76.6 cm³/mol. The van der Waals surface area contributed by atoms with Gasteiger partial charge in [0.25, 0.3) is 0 Å². The summed E-state index contributed by atoms with van der Waals surface area (Å²) < 4.78 is 0. The summed E-state index contributed by atoms with van der Waals surface area (Å²) in [6, 6.07) is 6.26. The van der Waals surface area contributed by atoms with Gasteiger partial charge in [0.15, 0.2) is 0 Å². The van der Waals surface area contributed by atoms with E-state index in [9.17, 15) is 0 Å². The third-order valence-electron chi connectivity index (χ3n) is 3.97. The van der Waals surface area contributed by atoms with Crippen LogP contribution in [0.2, 0.25) is 0 Å². The molecule has 2 heterocycles. The highest BCUT2D eigenvalue weighted by atomic mass is 15.1. The topological polar surface area (TPSA) is 28.2 Å². The molecule has 1 fully saturated rings. The molecular weight excluding hydrogens is 222 g/mol. The first-order valence-corrected chi connectivity index (χ1v) is 7.11. The number of likely N-dealkylation sites (tertiary alicyclic amines) is 1. The van der Waals surface area contributed by atoms with Crippen molar-refractivity contribution in [1.82, 2.24) is 9.88 Å². The first kappa shape index (κ1) is 13.3. The van der Waals surface area contributed by atoms with E-state index >= 15 is 0 Å². The number of nitrogens with zero attached hydrogens (tertiary/aromatic N) is 2. The number of hydrogen-bond donors (Lipinski definition) is 1. The summed E-state index contributed by atoms with van der Waals surface area (Å²) >= 11 is 0. The number of pyridine rings is 1. The lowest BCUT2D eigenvalue weighted by molar-refractivity contribution is 0.131. The van der Waals surface area contributed by atoms with Crippen LogP contribution >= 0.6 is 0 Å². The van der Waals surface area contributed by atoms with Gasteiger partial charge in [-0.2, -0.15) is 0 Å². The molecule has 2 atom stereocenters. The third-order valence-corrected chi connectivity index (χ3v) is 3.97. The first-order chi connectivity index (χ1) is 8.69. The van der Waals surface area contributed by atoms with Crippen LogP contribution in [0, 0.1) is 11.8 Å². The van der Waals surface area contributed by atoms with Crippen molar-refractivity contribution in [2.24, 2.45) is 11.8 Å². The Kier molecular flexibility index (Phi) is 4.59. The SMILES string of the molecule is CCNc1cccc(CN2CCC(C)C(C)C2)n1. The average Bonchev–Trinajstić information content (AvgIpc) is 2.35. The van der Waals surface area contributed by atoms with Crippen LogP contribution in [-0.4, -0.2) is 29.5 Å². The average molecular weight is 247 g/mol. The van der Waals surface area contributed by atoms with Gasteiger partial charge in [-0.3, -0.25) is 4.90 Å². The lowest BCUT2D eigenvalue weighted by Gasteiger charge is -2.35. The summed E-state index contributed by atoms with van der Waals surface area (Å²) in [6.07, 6.45) is 1.31. The minimum atomic E-state index is 0.802. The second-order valence-electron chi connectivity index (χ2n) is 5.52. The van der Waals surface area contributed by atoms with Gasteiger partial charge >= 0.3 is 0 Å². The Balaban J connectivity index is 1.94. The fraction of sp³-hybridized carbons (Fsp3) is 0.667. The molecule has 1 N–H and O–H groups in total. The summed E-state index contributed by atoms with van der Waals surface area (Å²) in [6.45, 7) is 11.1. The molecule has 1 aliphatic rings. The van der Waals surface area contributed by atoms with Crippen LogP contribution in [0.5, 0.6) is 0 Å². The van der Waals surface area contributed by atoms with Gasteiger partial charge < -0.3 is 5.32 Å². The molecule has 0 aliphatic carbocycles. The first-order valence-electron chi connectivity index (χ1n) is 7.11. The molecule has 0 bridgehead atoms. The quantitative estimate of drug-likeness (QED) is 0.886. The fourth-order valence-electron chi connectivity index (χ4n) is 2.57. The number of nitrogens with one attached hydrogen (secondary N) is 1. The lowest BCUT2D eigenvalue weighted by Crippen LogP contribution is -2.38. The second-order valence-corrected chi connectivity index (χ2v) is 5.52. The van der Waals surface area contributed by atoms with Crippen molar-refractivity contribution < 1.29 is 0 Å². The molecule has 3 heteroatoms. The van der Waals surface area contributed by atoms with E-state index in [2.05, 4.69) is 48.1 Å². The smallest absolute Gasteiger partial charge is 0.126 e. The summed E-state index contributed by atoms with van der Waals surface area (Å²) in [5.41, 5.74) is 1.18. The Labute approximate surface area is 111 Å². The molecule has 0 radical (unpaired) electrons. The van der Waals surface area contributed by atoms with Gasteiger partial charge in [0.1, 0.15) is 5.82 Å². The van der Waals surface area contributed by atoms with Gasteiger partial charge in [-0.05, 0) is 43.9 Å². The maximum absolute atomic E-state index is 4.65. The Hall–Kier alpha value is -1.09. The normalized spacial score (nSPS) is 25.1. The van der Waals surface area contributed by atoms with Crippen LogP contribution in [0.3, 0.4) is 0 Å². The largest absolute Gasteiger partial charge is 0.370 e. The van der Waals surface area contributed by atoms with Crippen molar-refractivity contribution in [3.8, 4) is 0 Å². The lowest BCUT2D eigenvalue weighted by atomic mass is 9.89. The summed E-state index contributed by atoms with van der Waals surface area (Å²) in [5.74, 6) is 2.66. The molecule has 2 unspecified atom stereocenters. The van der Waals surface area contributed by atoms with Crippen molar-refractivity contribution in [2.75, 3.05) is 25.0 Å². The highest BCUT2D eigenvalue weighted by Gasteiger charge is 2.22. The van der Waals surface area contributed by atoms with Crippen LogP contribution in [0.25, 0.3) is 0 Å². The van der Waals surface area contributed by atoms with Gasteiger partial charge in [0, 0.05) is 19.6 Å². The van der Waals surface area contributed by atoms with E-state index in [-0.39, 0.29) is 0 Å². The molecular formula is C15H25N3. The van der Waals surface area contributed by atoms with E-state index in [0.717, 1.165) is 30.7 Å². The van der Waals surface area contributed by atoms with Crippen LogP contribution < -0.4 is 5.32 Å². The van der Waals surface area contributed by atoms with E-state index in [1.54, 1.807) is 0 Å². The molecule has 0 amide bonds. The van der Waals surface area contributed by atoms with E-state index in [4.69, 9.17) is 0 Å². The van der Waals surface area contributed by atoms with Crippen LogP contribution in [0.4, 0.5) is 5.82 Å². The predicted octanol–water partition coefficient (Wildman–Crippen LogP) is 2.99. The fourth-order valence-corrected chi connectivity index (χ4v) is 2.57. The molecule has 0 aromatic carbocycles. The second kappa shape index (κ2) is 6.19. The standard InChI is InChI=1S/C15H25N3/c1-4-16-15-7-5-6-14(17-15)11-18-9-8-12(2)13(3)10-18/h5-7,12-13H,4,8-11H2,1-3H3,(H,16,17). The van der Waals surface area contributed by atoms with Gasteiger partial charge in [0.2, 0.25) is 0 Å². The summed E-state index contributed by atoms with van der Waals surface area (Å²) in [5, 5.41) is 3.27. The number of aromatic nitrogens is 1. The maximum Gasteiger partial charge on any atom is 0.126 e. The van der Waals surface area contributed by atoms with Gasteiger partial charge in [-0.1, -0.05) is 19.9 Å². The molecule has 0 spiro atoms. The molecule has 1 aliphatic heterocycles. The van der Waals surface area contributed by atoms with E-state index < -0.39 is 0 Å². The minimum absolute atomic E-state index is 0.802.